The summed E-state index contributed by atoms with van der Waals surface area (Å²) in [6.45, 7) is 6.16. The van der Waals surface area contributed by atoms with E-state index in [0.29, 0.717) is 10.8 Å². The Labute approximate surface area is 119 Å². The Hall–Kier alpha value is -1.48. The number of nitrogens with two attached hydrogens (primary N) is 1. The van der Waals surface area contributed by atoms with Crippen molar-refractivity contribution in [2.75, 3.05) is 5.73 Å². The van der Waals surface area contributed by atoms with Gasteiger partial charge in [0.25, 0.3) is 0 Å². The third-order valence-electron chi connectivity index (χ3n) is 3.50. The molecule has 0 radical (unpaired) electrons. The molecule has 102 valence electrons. The molecular weight excluding hydrogens is 258 g/mol. The fourth-order valence-electron chi connectivity index (χ4n) is 2.31. The van der Waals surface area contributed by atoms with E-state index in [0.717, 1.165) is 18.5 Å². The predicted octanol–water partition coefficient (Wildman–Crippen LogP) is 3.99. The van der Waals surface area contributed by atoms with E-state index < -0.39 is 0 Å². The minimum absolute atomic E-state index is 0.136. The van der Waals surface area contributed by atoms with E-state index in [1.807, 2.05) is 11.6 Å². The zero-order valence-corrected chi connectivity index (χ0v) is 12.4. The molecule has 1 heterocycles. The second-order valence-corrected chi connectivity index (χ2v) is 5.13. The molecule has 0 amide bonds. The summed E-state index contributed by atoms with van der Waals surface area (Å²) in [6, 6.07) is 8.75. The lowest BCUT2D eigenvalue weighted by atomic mass is 10.0. The second kappa shape index (κ2) is 5.66. The maximum Gasteiger partial charge on any atom is 0.141 e. The lowest BCUT2D eigenvalue weighted by Gasteiger charge is -2.18. The van der Waals surface area contributed by atoms with E-state index in [-0.39, 0.29) is 6.04 Å². The van der Waals surface area contributed by atoms with Gasteiger partial charge >= 0.3 is 0 Å². The average molecular weight is 278 g/mol. The van der Waals surface area contributed by atoms with Crippen LogP contribution in [0.3, 0.4) is 0 Å². The number of rotatable bonds is 4. The summed E-state index contributed by atoms with van der Waals surface area (Å²) in [5.41, 5.74) is 9.37. The Morgan fingerprint density at radius 3 is 2.32 bits per heavy atom. The molecule has 0 bridgehead atoms. The molecule has 0 saturated carbocycles. The SMILES string of the molecule is CCc1ccc(C(CC)n2nc(C)c(Cl)c2N)cc1. The Kier molecular flexibility index (Phi) is 4.15. The van der Waals surface area contributed by atoms with Gasteiger partial charge in [-0.3, -0.25) is 0 Å². The smallest absolute Gasteiger partial charge is 0.141 e. The Morgan fingerprint density at radius 1 is 1.26 bits per heavy atom. The molecule has 0 spiro atoms. The summed E-state index contributed by atoms with van der Waals surface area (Å²) in [6.07, 6.45) is 1.97. The van der Waals surface area contributed by atoms with Crippen molar-refractivity contribution in [1.29, 1.82) is 0 Å². The molecule has 19 heavy (non-hydrogen) atoms. The maximum atomic E-state index is 6.13. The standard InChI is InChI=1S/C15H20ClN3/c1-4-11-6-8-12(9-7-11)13(5-2)19-15(17)14(16)10(3)18-19/h6-9,13H,4-5,17H2,1-3H3. The number of halogens is 1. The molecule has 4 heteroatoms. The number of nitrogen functional groups attached to an aromatic ring is 1. The molecule has 0 fully saturated rings. The minimum atomic E-state index is 0.136. The van der Waals surface area contributed by atoms with Crippen molar-refractivity contribution < 1.29 is 0 Å². The van der Waals surface area contributed by atoms with Gasteiger partial charge in [-0.15, -0.1) is 0 Å². The van der Waals surface area contributed by atoms with Crippen LogP contribution >= 0.6 is 11.6 Å². The van der Waals surface area contributed by atoms with E-state index in [4.69, 9.17) is 17.3 Å². The Balaban J connectivity index is 2.40. The number of nitrogens with zero attached hydrogens (tertiary/aromatic N) is 2. The van der Waals surface area contributed by atoms with Crippen molar-refractivity contribution in [3.63, 3.8) is 0 Å². The van der Waals surface area contributed by atoms with Crippen LogP contribution in [0.15, 0.2) is 24.3 Å². The fourth-order valence-corrected chi connectivity index (χ4v) is 2.43. The number of aromatic nitrogens is 2. The third-order valence-corrected chi connectivity index (χ3v) is 3.97. The molecule has 3 nitrogen and oxygen atoms in total. The first kappa shape index (κ1) is 13.9. The first-order valence-corrected chi connectivity index (χ1v) is 7.05. The zero-order valence-electron chi connectivity index (χ0n) is 11.7. The zero-order chi connectivity index (χ0) is 14.0. The quantitative estimate of drug-likeness (QED) is 0.918. The van der Waals surface area contributed by atoms with Crippen LogP contribution in [0.1, 0.15) is 43.1 Å². The van der Waals surface area contributed by atoms with Gasteiger partial charge in [0.05, 0.1) is 11.7 Å². The second-order valence-electron chi connectivity index (χ2n) is 4.75. The van der Waals surface area contributed by atoms with Gasteiger partial charge in [0.15, 0.2) is 0 Å². The highest BCUT2D eigenvalue weighted by molar-refractivity contribution is 6.33. The molecule has 0 aliphatic heterocycles. The largest absolute Gasteiger partial charge is 0.383 e. The average Bonchev–Trinajstić information content (AvgIpc) is 2.68. The number of benzene rings is 1. The normalized spacial score (nSPS) is 12.6. The van der Waals surface area contributed by atoms with Crippen LogP contribution in [0, 0.1) is 6.92 Å². The summed E-state index contributed by atoms with van der Waals surface area (Å²) in [4.78, 5) is 0. The molecule has 1 aromatic heterocycles. The van der Waals surface area contributed by atoms with Gasteiger partial charge in [-0.2, -0.15) is 5.10 Å². The first-order chi connectivity index (χ1) is 9.08. The van der Waals surface area contributed by atoms with Crippen LogP contribution in [0.2, 0.25) is 5.02 Å². The number of anilines is 1. The highest BCUT2D eigenvalue weighted by Crippen LogP contribution is 2.30. The highest BCUT2D eigenvalue weighted by Gasteiger charge is 2.18. The maximum absolute atomic E-state index is 6.13. The molecule has 0 aliphatic carbocycles. The van der Waals surface area contributed by atoms with Gasteiger partial charge in [0.1, 0.15) is 10.8 Å². The number of aryl methyl sites for hydroxylation is 2. The highest BCUT2D eigenvalue weighted by atomic mass is 35.5. The molecule has 1 atom stereocenters. The Bertz CT molecular complexity index is 558. The molecular formula is C15H20ClN3. The minimum Gasteiger partial charge on any atom is -0.383 e. The van der Waals surface area contributed by atoms with Gasteiger partial charge in [0, 0.05) is 0 Å². The van der Waals surface area contributed by atoms with Gasteiger partial charge in [-0.25, -0.2) is 4.68 Å². The summed E-state index contributed by atoms with van der Waals surface area (Å²) in [7, 11) is 0. The van der Waals surface area contributed by atoms with E-state index in [1.165, 1.54) is 11.1 Å². The van der Waals surface area contributed by atoms with E-state index >= 15 is 0 Å². The van der Waals surface area contributed by atoms with Crippen LogP contribution in [-0.4, -0.2) is 9.78 Å². The van der Waals surface area contributed by atoms with E-state index in [1.54, 1.807) is 0 Å². The van der Waals surface area contributed by atoms with Crippen LogP contribution in [0.25, 0.3) is 0 Å². The van der Waals surface area contributed by atoms with Gasteiger partial charge in [-0.05, 0) is 30.9 Å². The fraction of sp³-hybridized carbons (Fsp3) is 0.400. The topological polar surface area (TPSA) is 43.8 Å². The lowest BCUT2D eigenvalue weighted by molar-refractivity contribution is 0.513. The molecule has 1 aromatic carbocycles. The van der Waals surface area contributed by atoms with Crippen LogP contribution in [0.5, 0.6) is 0 Å². The lowest BCUT2D eigenvalue weighted by Crippen LogP contribution is -2.14. The van der Waals surface area contributed by atoms with Crippen molar-refractivity contribution in [2.24, 2.45) is 0 Å². The molecule has 2 N–H and O–H groups in total. The first-order valence-electron chi connectivity index (χ1n) is 6.67. The van der Waals surface area contributed by atoms with Crippen LogP contribution in [0.4, 0.5) is 5.82 Å². The number of hydrogen-bond donors (Lipinski definition) is 1. The summed E-state index contributed by atoms with van der Waals surface area (Å²) in [5.74, 6) is 0.547. The third kappa shape index (κ3) is 2.61. The summed E-state index contributed by atoms with van der Waals surface area (Å²) < 4.78 is 1.83. The van der Waals surface area contributed by atoms with Crippen molar-refractivity contribution in [2.45, 2.75) is 39.7 Å². The van der Waals surface area contributed by atoms with E-state index in [2.05, 4.69) is 43.2 Å². The molecule has 0 aliphatic rings. The van der Waals surface area contributed by atoms with Crippen LogP contribution < -0.4 is 5.73 Å². The van der Waals surface area contributed by atoms with E-state index in [9.17, 15) is 0 Å². The van der Waals surface area contributed by atoms with Crippen molar-refractivity contribution >= 4 is 17.4 Å². The van der Waals surface area contributed by atoms with Crippen molar-refractivity contribution in [1.82, 2.24) is 9.78 Å². The predicted molar refractivity (Wildman–Crippen MR) is 80.6 cm³/mol. The molecule has 2 aromatic rings. The molecule has 1 unspecified atom stereocenters. The monoisotopic (exact) mass is 277 g/mol. The van der Waals surface area contributed by atoms with Gasteiger partial charge < -0.3 is 5.73 Å². The number of hydrogen-bond acceptors (Lipinski definition) is 2. The Morgan fingerprint density at radius 2 is 1.89 bits per heavy atom. The van der Waals surface area contributed by atoms with Crippen LogP contribution in [-0.2, 0) is 6.42 Å². The van der Waals surface area contributed by atoms with Gasteiger partial charge in [-0.1, -0.05) is 49.7 Å². The molecule has 2 rings (SSSR count). The van der Waals surface area contributed by atoms with Crippen molar-refractivity contribution in [3.8, 4) is 0 Å². The summed E-state index contributed by atoms with van der Waals surface area (Å²) >= 11 is 6.13. The summed E-state index contributed by atoms with van der Waals surface area (Å²) in [5, 5.41) is 5.02. The van der Waals surface area contributed by atoms with Crippen molar-refractivity contribution in [3.05, 3.63) is 46.1 Å². The molecule has 0 saturated heterocycles. The van der Waals surface area contributed by atoms with Gasteiger partial charge in [0.2, 0.25) is 0 Å².